The average Bonchev–Trinajstić information content (AvgIpc) is 2.66. The first-order valence-corrected chi connectivity index (χ1v) is 8.43. The van der Waals surface area contributed by atoms with E-state index in [1.807, 2.05) is 56.3 Å². The molecule has 0 heterocycles. The van der Waals surface area contributed by atoms with E-state index in [4.69, 9.17) is 14.7 Å². The second-order valence-electron chi connectivity index (χ2n) is 5.58. The molecular weight excluding hydrogens is 328 g/mol. The summed E-state index contributed by atoms with van der Waals surface area (Å²) >= 11 is 0. The van der Waals surface area contributed by atoms with Gasteiger partial charge in [0.05, 0.1) is 12.6 Å². The van der Waals surface area contributed by atoms with Crippen molar-refractivity contribution in [1.29, 1.82) is 5.26 Å². The predicted molar refractivity (Wildman–Crippen MR) is 101 cm³/mol. The molecule has 0 saturated heterocycles. The molecule has 5 heteroatoms. The van der Waals surface area contributed by atoms with Crippen LogP contribution in [0.4, 0.5) is 0 Å². The molecule has 0 aliphatic heterocycles. The van der Waals surface area contributed by atoms with Crippen molar-refractivity contribution in [1.82, 2.24) is 5.32 Å². The van der Waals surface area contributed by atoms with Crippen molar-refractivity contribution < 1.29 is 14.3 Å². The van der Waals surface area contributed by atoms with Crippen LogP contribution in [0.15, 0.2) is 54.6 Å². The Morgan fingerprint density at radius 3 is 2.35 bits per heavy atom. The molecule has 0 aliphatic rings. The first-order valence-electron chi connectivity index (χ1n) is 8.43. The third kappa shape index (κ3) is 5.99. The quantitative estimate of drug-likeness (QED) is 0.734. The number of nitrogens with zero attached hydrogens (tertiary/aromatic N) is 1. The monoisotopic (exact) mass is 350 g/mol. The van der Waals surface area contributed by atoms with Gasteiger partial charge in [-0.25, -0.2) is 0 Å². The van der Waals surface area contributed by atoms with Gasteiger partial charge in [0.25, 0.3) is 0 Å². The molecule has 1 atom stereocenters. The lowest BCUT2D eigenvalue weighted by Gasteiger charge is -2.13. The van der Waals surface area contributed by atoms with Crippen LogP contribution in [0.5, 0.6) is 11.5 Å². The van der Waals surface area contributed by atoms with Crippen molar-refractivity contribution in [2.45, 2.75) is 19.9 Å². The zero-order valence-corrected chi connectivity index (χ0v) is 14.9. The zero-order valence-electron chi connectivity index (χ0n) is 14.9. The normalized spacial score (nSPS) is 11.6. The molecule has 0 aliphatic carbocycles. The highest BCUT2D eigenvalue weighted by Crippen LogP contribution is 2.18. The topological polar surface area (TPSA) is 71.3 Å². The smallest absolute Gasteiger partial charge is 0.244 e. The molecule has 0 fully saturated rings. The number of nitrogens with one attached hydrogen (secondary N) is 1. The van der Waals surface area contributed by atoms with E-state index in [0.29, 0.717) is 12.4 Å². The van der Waals surface area contributed by atoms with Crippen molar-refractivity contribution in [3.63, 3.8) is 0 Å². The van der Waals surface area contributed by atoms with E-state index < -0.39 is 0 Å². The van der Waals surface area contributed by atoms with Crippen molar-refractivity contribution in [3.8, 4) is 17.6 Å². The highest BCUT2D eigenvalue weighted by atomic mass is 16.5. The number of benzene rings is 2. The van der Waals surface area contributed by atoms with Crippen molar-refractivity contribution in [2.24, 2.45) is 0 Å². The summed E-state index contributed by atoms with van der Waals surface area (Å²) in [6.07, 6.45) is 3.23. The van der Waals surface area contributed by atoms with Gasteiger partial charge in [0.15, 0.2) is 6.61 Å². The van der Waals surface area contributed by atoms with E-state index in [-0.39, 0.29) is 18.6 Å². The summed E-state index contributed by atoms with van der Waals surface area (Å²) in [5, 5.41) is 11.4. The minimum Gasteiger partial charge on any atom is -0.494 e. The molecule has 2 aromatic carbocycles. The second-order valence-corrected chi connectivity index (χ2v) is 5.58. The van der Waals surface area contributed by atoms with Gasteiger partial charge in [-0.15, -0.1) is 0 Å². The molecule has 26 heavy (non-hydrogen) atoms. The first kappa shape index (κ1) is 19.1. The van der Waals surface area contributed by atoms with Gasteiger partial charge in [-0.1, -0.05) is 24.3 Å². The Morgan fingerprint density at radius 2 is 1.73 bits per heavy atom. The Morgan fingerprint density at radius 1 is 1.12 bits per heavy atom. The number of ether oxygens (including phenoxy) is 2. The minimum absolute atomic E-state index is 0.0149. The molecule has 134 valence electrons. The van der Waals surface area contributed by atoms with E-state index in [1.54, 1.807) is 18.2 Å². The zero-order chi connectivity index (χ0) is 18.8. The van der Waals surface area contributed by atoms with Gasteiger partial charge in [0.1, 0.15) is 17.6 Å². The van der Waals surface area contributed by atoms with Gasteiger partial charge < -0.3 is 14.8 Å². The third-order valence-corrected chi connectivity index (χ3v) is 3.66. The predicted octanol–water partition coefficient (Wildman–Crippen LogP) is 3.88. The Bertz CT molecular complexity index is 774. The standard InChI is InChI=1S/C21H22N2O3/c1-3-25-19-11-7-18(8-12-19)16(2)23-21(24)13-6-17-4-9-20(10-5-17)26-15-14-22/h4-13,16H,3,15H2,1-2H3,(H,23,24). The summed E-state index contributed by atoms with van der Waals surface area (Å²) < 4.78 is 10.6. The van der Waals surface area contributed by atoms with Crippen molar-refractivity contribution in [2.75, 3.05) is 13.2 Å². The molecule has 0 spiro atoms. The number of carbonyl (C=O) groups excluding carboxylic acids is 1. The SMILES string of the molecule is CCOc1ccc(C(C)NC(=O)C=Cc2ccc(OCC#N)cc2)cc1. The summed E-state index contributed by atoms with van der Waals surface area (Å²) in [7, 11) is 0. The maximum atomic E-state index is 12.1. The Hall–Kier alpha value is -3.26. The van der Waals surface area contributed by atoms with Crippen LogP contribution in [-0.4, -0.2) is 19.1 Å². The fraction of sp³-hybridized carbons (Fsp3) is 0.238. The highest BCUT2D eigenvalue weighted by Gasteiger charge is 2.07. The molecule has 1 N–H and O–H groups in total. The lowest BCUT2D eigenvalue weighted by atomic mass is 10.1. The van der Waals surface area contributed by atoms with Gasteiger partial charge in [0, 0.05) is 6.08 Å². The molecule has 0 saturated carbocycles. The fourth-order valence-corrected chi connectivity index (χ4v) is 2.33. The van der Waals surface area contributed by atoms with Crippen LogP contribution in [0.2, 0.25) is 0 Å². The number of amides is 1. The summed E-state index contributed by atoms with van der Waals surface area (Å²) in [5.74, 6) is 1.27. The van der Waals surface area contributed by atoms with Crippen LogP contribution in [0.1, 0.15) is 31.0 Å². The molecule has 2 rings (SSSR count). The summed E-state index contributed by atoms with van der Waals surface area (Å²) in [4.78, 5) is 12.1. The maximum absolute atomic E-state index is 12.1. The number of rotatable bonds is 8. The second kappa shape index (κ2) is 9.90. The van der Waals surface area contributed by atoms with Crippen molar-refractivity contribution in [3.05, 3.63) is 65.7 Å². The molecule has 5 nitrogen and oxygen atoms in total. The highest BCUT2D eigenvalue weighted by molar-refractivity contribution is 5.92. The first-order chi connectivity index (χ1) is 12.6. The lowest BCUT2D eigenvalue weighted by Crippen LogP contribution is -2.24. The van der Waals surface area contributed by atoms with Crippen LogP contribution >= 0.6 is 0 Å². The fourth-order valence-electron chi connectivity index (χ4n) is 2.33. The van der Waals surface area contributed by atoms with E-state index in [0.717, 1.165) is 16.9 Å². The summed E-state index contributed by atoms with van der Waals surface area (Å²) in [6, 6.07) is 16.7. The Labute approximate surface area is 153 Å². The van der Waals surface area contributed by atoms with E-state index in [1.165, 1.54) is 6.08 Å². The number of nitriles is 1. The molecule has 2 aromatic rings. The van der Waals surface area contributed by atoms with E-state index in [2.05, 4.69) is 5.32 Å². The minimum atomic E-state index is -0.170. The van der Waals surface area contributed by atoms with Crippen LogP contribution in [-0.2, 0) is 4.79 Å². The number of carbonyl (C=O) groups is 1. The maximum Gasteiger partial charge on any atom is 0.244 e. The summed E-state index contributed by atoms with van der Waals surface area (Å²) in [6.45, 7) is 4.52. The molecule has 1 unspecified atom stereocenters. The van der Waals surface area contributed by atoms with Gasteiger partial charge in [0.2, 0.25) is 5.91 Å². The van der Waals surface area contributed by atoms with E-state index >= 15 is 0 Å². The molecule has 0 aromatic heterocycles. The van der Waals surface area contributed by atoms with E-state index in [9.17, 15) is 4.79 Å². The largest absolute Gasteiger partial charge is 0.494 e. The third-order valence-electron chi connectivity index (χ3n) is 3.66. The lowest BCUT2D eigenvalue weighted by molar-refractivity contribution is -0.117. The van der Waals surface area contributed by atoms with Crippen LogP contribution in [0.3, 0.4) is 0 Å². The van der Waals surface area contributed by atoms with Gasteiger partial charge >= 0.3 is 0 Å². The molecular formula is C21H22N2O3. The molecule has 0 radical (unpaired) electrons. The number of hydrogen-bond acceptors (Lipinski definition) is 4. The number of hydrogen-bond donors (Lipinski definition) is 1. The van der Waals surface area contributed by atoms with Gasteiger partial charge in [-0.2, -0.15) is 5.26 Å². The Balaban J connectivity index is 1.88. The average molecular weight is 350 g/mol. The molecule has 0 bridgehead atoms. The Kier molecular flexibility index (Phi) is 7.26. The van der Waals surface area contributed by atoms with Crippen molar-refractivity contribution >= 4 is 12.0 Å². The van der Waals surface area contributed by atoms with Gasteiger partial charge in [-0.3, -0.25) is 4.79 Å². The van der Waals surface area contributed by atoms with Crippen LogP contribution in [0.25, 0.3) is 6.08 Å². The molecule has 1 amide bonds. The van der Waals surface area contributed by atoms with Crippen LogP contribution < -0.4 is 14.8 Å². The van der Waals surface area contributed by atoms with Gasteiger partial charge in [-0.05, 0) is 55.3 Å². The summed E-state index contributed by atoms with van der Waals surface area (Å²) in [5.41, 5.74) is 1.88. The van der Waals surface area contributed by atoms with Crippen LogP contribution in [0, 0.1) is 11.3 Å².